The first-order valence-corrected chi connectivity index (χ1v) is 5.52. The summed E-state index contributed by atoms with van der Waals surface area (Å²) in [4.78, 5) is 22.7. The van der Waals surface area contributed by atoms with Crippen molar-refractivity contribution in [2.24, 2.45) is 11.7 Å². The third-order valence-electron chi connectivity index (χ3n) is 2.80. The van der Waals surface area contributed by atoms with Crippen LogP contribution in [0.4, 0.5) is 0 Å². The van der Waals surface area contributed by atoms with Crippen LogP contribution in [0.5, 0.6) is 0 Å². The standard InChI is InChI=1S/C11H14N2O5/c12-3-6-1-2-9(18-6)10(14)13-8-5-17-4-7(8)11(15)16/h1-2,7-8H,3-5,12H2,(H,13,14)(H,15,16). The molecule has 2 rings (SSSR count). The molecule has 1 aromatic heterocycles. The van der Waals surface area contributed by atoms with Crippen LogP contribution >= 0.6 is 0 Å². The Balaban J connectivity index is 2.00. The number of hydrogen-bond donors (Lipinski definition) is 3. The van der Waals surface area contributed by atoms with Crippen LogP contribution in [0.2, 0.25) is 0 Å². The lowest BCUT2D eigenvalue weighted by Crippen LogP contribution is -2.42. The number of amides is 1. The van der Waals surface area contributed by atoms with Crippen LogP contribution in [0.25, 0.3) is 0 Å². The fourth-order valence-corrected chi connectivity index (χ4v) is 1.79. The average Bonchev–Trinajstić information content (AvgIpc) is 2.96. The molecule has 7 nitrogen and oxygen atoms in total. The second-order valence-electron chi connectivity index (χ2n) is 4.03. The number of hydrogen-bond acceptors (Lipinski definition) is 5. The van der Waals surface area contributed by atoms with E-state index < -0.39 is 23.8 Å². The van der Waals surface area contributed by atoms with Gasteiger partial charge in [-0.25, -0.2) is 0 Å². The first kappa shape index (κ1) is 12.6. The van der Waals surface area contributed by atoms with E-state index in [1.807, 2.05) is 0 Å². The molecule has 1 amide bonds. The van der Waals surface area contributed by atoms with Crippen molar-refractivity contribution >= 4 is 11.9 Å². The summed E-state index contributed by atoms with van der Waals surface area (Å²) in [5.41, 5.74) is 5.37. The molecule has 1 aliphatic rings. The molecule has 1 fully saturated rings. The summed E-state index contributed by atoms with van der Waals surface area (Å²) < 4.78 is 10.2. The van der Waals surface area contributed by atoms with E-state index in [2.05, 4.69) is 5.32 Å². The average molecular weight is 254 g/mol. The smallest absolute Gasteiger partial charge is 0.311 e. The summed E-state index contributed by atoms with van der Waals surface area (Å²) in [6.07, 6.45) is 0. The van der Waals surface area contributed by atoms with E-state index >= 15 is 0 Å². The highest BCUT2D eigenvalue weighted by atomic mass is 16.5. The SMILES string of the molecule is NCc1ccc(C(=O)NC2COCC2C(=O)O)o1. The summed E-state index contributed by atoms with van der Waals surface area (Å²) >= 11 is 0. The Labute approximate surface area is 103 Å². The Morgan fingerprint density at radius 2 is 2.22 bits per heavy atom. The van der Waals surface area contributed by atoms with Gasteiger partial charge in [0.05, 0.1) is 25.8 Å². The minimum Gasteiger partial charge on any atom is -0.481 e. The van der Waals surface area contributed by atoms with Crippen molar-refractivity contribution in [2.75, 3.05) is 13.2 Å². The van der Waals surface area contributed by atoms with E-state index in [1.54, 1.807) is 6.07 Å². The van der Waals surface area contributed by atoms with Gasteiger partial charge in [-0.1, -0.05) is 0 Å². The van der Waals surface area contributed by atoms with Crippen molar-refractivity contribution < 1.29 is 23.8 Å². The molecular weight excluding hydrogens is 240 g/mol. The molecule has 2 heterocycles. The topological polar surface area (TPSA) is 115 Å². The largest absolute Gasteiger partial charge is 0.481 e. The lowest BCUT2D eigenvalue weighted by atomic mass is 10.0. The zero-order chi connectivity index (χ0) is 13.1. The van der Waals surface area contributed by atoms with Crippen molar-refractivity contribution in [3.63, 3.8) is 0 Å². The quantitative estimate of drug-likeness (QED) is 0.671. The molecule has 0 saturated carbocycles. The zero-order valence-electron chi connectivity index (χ0n) is 9.59. The Morgan fingerprint density at radius 1 is 1.44 bits per heavy atom. The molecule has 0 aliphatic carbocycles. The molecule has 18 heavy (non-hydrogen) atoms. The van der Waals surface area contributed by atoms with Gasteiger partial charge in [-0.2, -0.15) is 0 Å². The number of carbonyl (C=O) groups is 2. The third-order valence-corrected chi connectivity index (χ3v) is 2.80. The van der Waals surface area contributed by atoms with Crippen LogP contribution < -0.4 is 11.1 Å². The van der Waals surface area contributed by atoms with E-state index in [9.17, 15) is 9.59 Å². The van der Waals surface area contributed by atoms with Crippen LogP contribution in [-0.4, -0.2) is 36.2 Å². The lowest BCUT2D eigenvalue weighted by Gasteiger charge is -2.14. The van der Waals surface area contributed by atoms with Gasteiger partial charge in [0.2, 0.25) is 0 Å². The fourth-order valence-electron chi connectivity index (χ4n) is 1.79. The second-order valence-corrected chi connectivity index (χ2v) is 4.03. The maximum absolute atomic E-state index is 11.8. The Kier molecular flexibility index (Phi) is 3.63. The Morgan fingerprint density at radius 3 is 2.83 bits per heavy atom. The van der Waals surface area contributed by atoms with Crippen molar-refractivity contribution in [2.45, 2.75) is 12.6 Å². The van der Waals surface area contributed by atoms with Gasteiger partial charge in [-0.3, -0.25) is 9.59 Å². The van der Waals surface area contributed by atoms with Crippen LogP contribution in [0, 0.1) is 5.92 Å². The summed E-state index contributed by atoms with van der Waals surface area (Å²) in [5.74, 6) is -1.56. The summed E-state index contributed by atoms with van der Waals surface area (Å²) in [5, 5.41) is 11.5. The highest BCUT2D eigenvalue weighted by Crippen LogP contribution is 2.15. The molecule has 0 bridgehead atoms. The normalized spacial score (nSPS) is 22.9. The number of rotatable bonds is 4. The van der Waals surface area contributed by atoms with Gasteiger partial charge < -0.3 is 25.3 Å². The van der Waals surface area contributed by atoms with Crippen molar-refractivity contribution in [3.05, 3.63) is 23.7 Å². The maximum Gasteiger partial charge on any atom is 0.311 e. The van der Waals surface area contributed by atoms with E-state index in [-0.39, 0.29) is 25.5 Å². The number of furan rings is 1. The first-order valence-electron chi connectivity index (χ1n) is 5.52. The zero-order valence-corrected chi connectivity index (χ0v) is 9.59. The number of aliphatic carboxylic acids is 1. The second kappa shape index (κ2) is 5.19. The highest BCUT2D eigenvalue weighted by molar-refractivity contribution is 5.92. The Hall–Kier alpha value is -1.86. The number of ether oxygens (including phenoxy) is 1. The summed E-state index contributed by atoms with van der Waals surface area (Å²) in [7, 11) is 0. The van der Waals surface area contributed by atoms with Crippen molar-refractivity contribution in [1.82, 2.24) is 5.32 Å². The summed E-state index contributed by atoms with van der Waals surface area (Å²) in [6.45, 7) is 0.497. The lowest BCUT2D eigenvalue weighted by molar-refractivity contribution is -0.142. The van der Waals surface area contributed by atoms with Crippen LogP contribution in [0.15, 0.2) is 16.5 Å². The molecule has 1 saturated heterocycles. The molecule has 4 N–H and O–H groups in total. The predicted molar refractivity (Wildman–Crippen MR) is 59.8 cm³/mol. The molecule has 2 atom stereocenters. The minimum atomic E-state index is -0.986. The van der Waals surface area contributed by atoms with E-state index in [0.29, 0.717) is 5.76 Å². The van der Waals surface area contributed by atoms with Crippen molar-refractivity contribution in [3.8, 4) is 0 Å². The minimum absolute atomic E-state index is 0.104. The van der Waals surface area contributed by atoms with Crippen LogP contribution in [0.3, 0.4) is 0 Å². The fraction of sp³-hybridized carbons (Fsp3) is 0.455. The number of carboxylic acids is 1. The van der Waals surface area contributed by atoms with E-state index in [0.717, 1.165) is 0 Å². The van der Waals surface area contributed by atoms with Gasteiger partial charge >= 0.3 is 5.97 Å². The molecule has 98 valence electrons. The molecule has 0 aromatic carbocycles. The molecule has 2 unspecified atom stereocenters. The monoisotopic (exact) mass is 254 g/mol. The molecule has 1 aliphatic heterocycles. The van der Waals surface area contributed by atoms with Gasteiger partial charge in [0.15, 0.2) is 5.76 Å². The van der Waals surface area contributed by atoms with Crippen molar-refractivity contribution in [1.29, 1.82) is 0 Å². The highest BCUT2D eigenvalue weighted by Gasteiger charge is 2.35. The first-order chi connectivity index (χ1) is 8.61. The maximum atomic E-state index is 11.8. The van der Waals surface area contributed by atoms with Gasteiger partial charge in [0.25, 0.3) is 5.91 Å². The van der Waals surface area contributed by atoms with Crippen LogP contribution in [0.1, 0.15) is 16.3 Å². The van der Waals surface area contributed by atoms with Crippen LogP contribution in [-0.2, 0) is 16.1 Å². The number of carbonyl (C=O) groups excluding carboxylic acids is 1. The number of nitrogens with two attached hydrogens (primary N) is 1. The van der Waals surface area contributed by atoms with E-state index in [4.69, 9.17) is 20.0 Å². The van der Waals surface area contributed by atoms with Gasteiger partial charge in [-0.15, -0.1) is 0 Å². The predicted octanol–water partition coefficient (Wildman–Crippen LogP) is -0.432. The molecular formula is C11H14N2O5. The van der Waals surface area contributed by atoms with Gasteiger partial charge in [-0.05, 0) is 12.1 Å². The molecule has 0 radical (unpaired) electrons. The summed E-state index contributed by atoms with van der Waals surface area (Å²) in [6, 6.07) is 2.57. The number of carboxylic acid groups (broad SMARTS) is 1. The Bertz CT molecular complexity index is 456. The molecule has 7 heteroatoms. The molecule has 0 spiro atoms. The van der Waals surface area contributed by atoms with E-state index in [1.165, 1.54) is 6.07 Å². The van der Waals surface area contributed by atoms with Gasteiger partial charge in [0, 0.05) is 0 Å². The number of nitrogens with one attached hydrogen (secondary N) is 1. The third kappa shape index (κ3) is 2.52. The van der Waals surface area contributed by atoms with Gasteiger partial charge in [0.1, 0.15) is 11.7 Å². The molecule has 1 aromatic rings.